The van der Waals surface area contributed by atoms with Crippen molar-refractivity contribution in [2.45, 2.75) is 0 Å². The van der Waals surface area contributed by atoms with Crippen molar-refractivity contribution in [2.75, 3.05) is 0 Å². The van der Waals surface area contributed by atoms with Crippen LogP contribution in [-0.2, 0) is 0 Å². The number of para-hydroxylation sites is 1. The van der Waals surface area contributed by atoms with Crippen molar-refractivity contribution >= 4 is 23.1 Å². The highest BCUT2D eigenvalue weighted by molar-refractivity contribution is 5.94. The Kier molecular flexibility index (Phi) is 4.27. The van der Waals surface area contributed by atoms with Crippen LogP contribution in [0.3, 0.4) is 0 Å². The first-order chi connectivity index (χ1) is 13.2. The molecule has 3 aromatic carbocycles. The summed E-state index contributed by atoms with van der Waals surface area (Å²) < 4.78 is 0. The largest absolute Gasteiger partial charge is 0.306 e. The SMILES string of the molecule is C=Cc1ccc(-c2nc3c(-c4ccccc4)cccc3c(=O)[nH]2)cc1C=C. The van der Waals surface area contributed by atoms with Gasteiger partial charge < -0.3 is 4.98 Å². The molecule has 0 saturated heterocycles. The summed E-state index contributed by atoms with van der Waals surface area (Å²) in [6, 6.07) is 21.5. The summed E-state index contributed by atoms with van der Waals surface area (Å²) in [7, 11) is 0. The van der Waals surface area contributed by atoms with Crippen molar-refractivity contribution in [1.29, 1.82) is 0 Å². The molecule has 0 aliphatic heterocycles. The molecule has 130 valence electrons. The van der Waals surface area contributed by atoms with Crippen LogP contribution in [0.5, 0.6) is 0 Å². The quantitative estimate of drug-likeness (QED) is 0.525. The van der Waals surface area contributed by atoms with Gasteiger partial charge in [-0.2, -0.15) is 0 Å². The van der Waals surface area contributed by atoms with Gasteiger partial charge in [0.2, 0.25) is 0 Å². The predicted octanol–water partition coefficient (Wildman–Crippen LogP) is 5.54. The number of hydrogen-bond acceptors (Lipinski definition) is 2. The Morgan fingerprint density at radius 2 is 1.59 bits per heavy atom. The maximum Gasteiger partial charge on any atom is 0.259 e. The molecule has 1 heterocycles. The number of aromatic amines is 1. The number of fused-ring (bicyclic) bond motifs is 1. The molecule has 0 unspecified atom stereocenters. The van der Waals surface area contributed by atoms with E-state index in [-0.39, 0.29) is 5.56 Å². The average molecular weight is 350 g/mol. The molecule has 1 N–H and O–H groups in total. The molecule has 27 heavy (non-hydrogen) atoms. The fourth-order valence-electron chi connectivity index (χ4n) is 3.23. The maximum absolute atomic E-state index is 12.7. The molecule has 0 amide bonds. The van der Waals surface area contributed by atoms with Crippen LogP contribution in [0.1, 0.15) is 11.1 Å². The summed E-state index contributed by atoms with van der Waals surface area (Å²) in [6.45, 7) is 7.68. The van der Waals surface area contributed by atoms with Gasteiger partial charge in [0.15, 0.2) is 0 Å². The van der Waals surface area contributed by atoms with Crippen LogP contribution in [0.25, 0.3) is 45.6 Å². The Bertz CT molecular complexity index is 1220. The minimum Gasteiger partial charge on any atom is -0.306 e. The van der Waals surface area contributed by atoms with Crippen molar-refractivity contribution in [3.05, 3.63) is 101 Å². The molecule has 3 nitrogen and oxygen atoms in total. The standard InChI is InChI=1S/C24H18N2O/c1-3-16-13-14-19(15-17(16)4-2)23-25-22-20(18-9-6-5-7-10-18)11-8-12-21(22)24(27)26-23/h3-15H,1-2H2,(H,25,26,27). The number of nitrogens with zero attached hydrogens (tertiary/aromatic N) is 1. The van der Waals surface area contributed by atoms with E-state index in [2.05, 4.69) is 18.1 Å². The van der Waals surface area contributed by atoms with Crippen LogP contribution in [-0.4, -0.2) is 9.97 Å². The lowest BCUT2D eigenvalue weighted by Crippen LogP contribution is -2.10. The van der Waals surface area contributed by atoms with E-state index in [1.165, 1.54) is 0 Å². The molecular formula is C24H18N2O. The van der Waals surface area contributed by atoms with Crippen LogP contribution >= 0.6 is 0 Å². The number of H-pyrrole nitrogens is 1. The number of nitrogens with one attached hydrogen (secondary N) is 1. The van der Waals surface area contributed by atoms with E-state index in [1.54, 1.807) is 18.2 Å². The van der Waals surface area contributed by atoms with Gasteiger partial charge in [-0.15, -0.1) is 0 Å². The Hall–Kier alpha value is -3.72. The first-order valence-corrected chi connectivity index (χ1v) is 8.69. The predicted molar refractivity (Wildman–Crippen MR) is 113 cm³/mol. The van der Waals surface area contributed by atoms with Crippen molar-refractivity contribution in [1.82, 2.24) is 9.97 Å². The highest BCUT2D eigenvalue weighted by Crippen LogP contribution is 2.28. The van der Waals surface area contributed by atoms with Crippen LogP contribution in [0.15, 0.2) is 84.7 Å². The Balaban J connectivity index is 1.98. The van der Waals surface area contributed by atoms with Gasteiger partial charge in [0.25, 0.3) is 5.56 Å². The van der Waals surface area contributed by atoms with Crippen LogP contribution in [0, 0.1) is 0 Å². The van der Waals surface area contributed by atoms with E-state index in [0.717, 1.165) is 27.8 Å². The second-order valence-electron chi connectivity index (χ2n) is 6.23. The third-order valence-electron chi connectivity index (χ3n) is 4.62. The highest BCUT2D eigenvalue weighted by atomic mass is 16.1. The van der Waals surface area contributed by atoms with Crippen LogP contribution in [0.4, 0.5) is 0 Å². The fourth-order valence-corrected chi connectivity index (χ4v) is 3.23. The fraction of sp³-hybridized carbons (Fsp3) is 0. The van der Waals surface area contributed by atoms with E-state index in [9.17, 15) is 4.79 Å². The Morgan fingerprint density at radius 3 is 2.33 bits per heavy atom. The van der Waals surface area contributed by atoms with Gasteiger partial charge in [0, 0.05) is 11.1 Å². The molecule has 0 aliphatic carbocycles. The zero-order valence-electron chi connectivity index (χ0n) is 14.8. The third kappa shape index (κ3) is 3.00. The van der Waals surface area contributed by atoms with Crippen molar-refractivity contribution < 1.29 is 0 Å². The van der Waals surface area contributed by atoms with Gasteiger partial charge in [-0.3, -0.25) is 4.79 Å². The van der Waals surface area contributed by atoms with Crippen molar-refractivity contribution in [3.63, 3.8) is 0 Å². The Labute approximate surface area is 157 Å². The molecule has 0 radical (unpaired) electrons. The smallest absolute Gasteiger partial charge is 0.259 e. The molecule has 4 rings (SSSR count). The van der Waals surface area contributed by atoms with E-state index in [4.69, 9.17) is 4.98 Å². The molecule has 0 saturated carbocycles. The normalized spacial score (nSPS) is 10.7. The number of aromatic nitrogens is 2. The molecule has 0 spiro atoms. The summed E-state index contributed by atoms with van der Waals surface area (Å²) in [5.41, 5.74) is 5.27. The van der Waals surface area contributed by atoms with Gasteiger partial charge in [-0.05, 0) is 28.8 Å². The van der Waals surface area contributed by atoms with Gasteiger partial charge >= 0.3 is 0 Å². The first-order valence-electron chi connectivity index (χ1n) is 8.69. The lowest BCUT2D eigenvalue weighted by molar-refractivity contribution is 1.18. The molecular weight excluding hydrogens is 332 g/mol. The first kappa shape index (κ1) is 16.7. The second-order valence-corrected chi connectivity index (χ2v) is 6.23. The number of rotatable bonds is 4. The number of hydrogen-bond donors (Lipinski definition) is 1. The summed E-state index contributed by atoms with van der Waals surface area (Å²) in [5.74, 6) is 0.537. The van der Waals surface area contributed by atoms with Gasteiger partial charge in [0.1, 0.15) is 5.82 Å². The van der Waals surface area contributed by atoms with E-state index in [0.29, 0.717) is 16.7 Å². The maximum atomic E-state index is 12.7. The van der Waals surface area contributed by atoms with Crippen molar-refractivity contribution in [2.24, 2.45) is 0 Å². The van der Waals surface area contributed by atoms with Crippen LogP contribution < -0.4 is 5.56 Å². The number of benzene rings is 3. The molecule has 4 aromatic rings. The minimum atomic E-state index is -0.152. The average Bonchev–Trinajstić information content (AvgIpc) is 2.73. The summed E-state index contributed by atoms with van der Waals surface area (Å²) in [6.07, 6.45) is 3.56. The minimum absolute atomic E-state index is 0.152. The molecule has 3 heteroatoms. The zero-order chi connectivity index (χ0) is 18.8. The molecule has 0 fully saturated rings. The van der Waals surface area contributed by atoms with Gasteiger partial charge in [0.05, 0.1) is 10.9 Å². The monoisotopic (exact) mass is 350 g/mol. The molecule has 1 aromatic heterocycles. The zero-order valence-corrected chi connectivity index (χ0v) is 14.8. The second kappa shape index (κ2) is 6.89. The molecule has 0 atom stereocenters. The molecule has 0 aliphatic rings. The lowest BCUT2D eigenvalue weighted by Gasteiger charge is -2.09. The summed E-state index contributed by atoms with van der Waals surface area (Å²) >= 11 is 0. The van der Waals surface area contributed by atoms with E-state index in [1.807, 2.05) is 60.7 Å². The van der Waals surface area contributed by atoms with Crippen molar-refractivity contribution in [3.8, 4) is 22.5 Å². The lowest BCUT2D eigenvalue weighted by atomic mass is 10.0. The summed E-state index contributed by atoms with van der Waals surface area (Å²) in [4.78, 5) is 20.4. The van der Waals surface area contributed by atoms with E-state index >= 15 is 0 Å². The highest BCUT2D eigenvalue weighted by Gasteiger charge is 2.11. The van der Waals surface area contributed by atoms with E-state index < -0.39 is 0 Å². The van der Waals surface area contributed by atoms with Gasteiger partial charge in [-0.25, -0.2) is 4.98 Å². The third-order valence-corrected chi connectivity index (χ3v) is 4.62. The Morgan fingerprint density at radius 1 is 0.815 bits per heavy atom. The summed E-state index contributed by atoms with van der Waals surface area (Å²) in [5, 5.41) is 0.576. The topological polar surface area (TPSA) is 45.8 Å². The van der Waals surface area contributed by atoms with Gasteiger partial charge in [-0.1, -0.05) is 79.9 Å². The van der Waals surface area contributed by atoms with Crippen LogP contribution in [0.2, 0.25) is 0 Å². The molecule has 0 bridgehead atoms.